The van der Waals surface area contributed by atoms with Gasteiger partial charge in [-0.2, -0.15) is 0 Å². The van der Waals surface area contributed by atoms with Gasteiger partial charge in [0.25, 0.3) is 5.91 Å². The SMILES string of the molecule is COc1ccc2c(c1)c(CCN(C)C)cn2C(=O)[C@H](Cc1ccccc1)OC(N)=O. The summed E-state index contributed by atoms with van der Waals surface area (Å²) in [5.41, 5.74) is 7.89. The van der Waals surface area contributed by atoms with Crippen molar-refractivity contribution >= 4 is 22.9 Å². The van der Waals surface area contributed by atoms with Crippen LogP contribution in [0.15, 0.2) is 54.7 Å². The van der Waals surface area contributed by atoms with E-state index in [9.17, 15) is 9.59 Å². The topological polar surface area (TPSA) is 86.8 Å². The summed E-state index contributed by atoms with van der Waals surface area (Å²) in [4.78, 5) is 27.0. The minimum Gasteiger partial charge on any atom is -0.497 e. The number of rotatable bonds is 8. The van der Waals surface area contributed by atoms with Gasteiger partial charge in [-0.25, -0.2) is 4.79 Å². The summed E-state index contributed by atoms with van der Waals surface area (Å²) in [7, 11) is 5.61. The summed E-state index contributed by atoms with van der Waals surface area (Å²) in [6.07, 6.45) is 0.820. The van der Waals surface area contributed by atoms with Gasteiger partial charge in [0.05, 0.1) is 12.6 Å². The molecule has 0 spiro atoms. The average molecular weight is 409 g/mol. The van der Waals surface area contributed by atoms with E-state index < -0.39 is 12.2 Å². The molecule has 0 aliphatic heterocycles. The van der Waals surface area contributed by atoms with Crippen LogP contribution in [-0.4, -0.2) is 55.3 Å². The normalized spacial score (nSPS) is 12.1. The summed E-state index contributed by atoms with van der Waals surface area (Å²) in [5, 5.41) is 0.932. The number of hydrogen-bond donors (Lipinski definition) is 1. The van der Waals surface area contributed by atoms with E-state index in [0.717, 1.165) is 35.0 Å². The van der Waals surface area contributed by atoms with Crippen LogP contribution >= 0.6 is 0 Å². The van der Waals surface area contributed by atoms with Gasteiger partial charge < -0.3 is 20.1 Å². The van der Waals surface area contributed by atoms with Gasteiger partial charge in [0.2, 0.25) is 0 Å². The number of aromatic nitrogens is 1. The van der Waals surface area contributed by atoms with Crippen LogP contribution in [0.5, 0.6) is 5.75 Å². The van der Waals surface area contributed by atoms with Crippen LogP contribution in [0.4, 0.5) is 4.79 Å². The molecule has 0 saturated carbocycles. The van der Waals surface area contributed by atoms with E-state index >= 15 is 0 Å². The Hall–Kier alpha value is -3.32. The van der Waals surface area contributed by atoms with Gasteiger partial charge >= 0.3 is 6.09 Å². The van der Waals surface area contributed by atoms with Gasteiger partial charge in [0, 0.05) is 24.5 Å². The first-order valence-electron chi connectivity index (χ1n) is 9.76. The Labute approximate surface area is 176 Å². The van der Waals surface area contributed by atoms with Crippen molar-refractivity contribution < 1.29 is 19.1 Å². The molecule has 7 heteroatoms. The van der Waals surface area contributed by atoms with E-state index in [1.165, 1.54) is 0 Å². The molecule has 1 heterocycles. The van der Waals surface area contributed by atoms with Crippen LogP contribution in [0.25, 0.3) is 10.9 Å². The van der Waals surface area contributed by atoms with Crippen molar-refractivity contribution in [3.63, 3.8) is 0 Å². The number of fused-ring (bicyclic) bond motifs is 1. The molecule has 1 aromatic heterocycles. The molecule has 0 bridgehead atoms. The second kappa shape index (κ2) is 9.45. The molecule has 2 aromatic carbocycles. The van der Waals surface area contributed by atoms with Crippen molar-refractivity contribution in [2.24, 2.45) is 5.73 Å². The lowest BCUT2D eigenvalue weighted by molar-refractivity contribution is 0.0576. The van der Waals surface area contributed by atoms with Crippen molar-refractivity contribution in [2.45, 2.75) is 18.9 Å². The van der Waals surface area contributed by atoms with Gasteiger partial charge in [-0.3, -0.25) is 9.36 Å². The Morgan fingerprint density at radius 1 is 1.13 bits per heavy atom. The fourth-order valence-corrected chi connectivity index (χ4v) is 3.43. The van der Waals surface area contributed by atoms with Gasteiger partial charge in [-0.05, 0) is 49.8 Å². The van der Waals surface area contributed by atoms with Gasteiger partial charge in [-0.1, -0.05) is 30.3 Å². The highest BCUT2D eigenvalue weighted by Gasteiger charge is 2.26. The summed E-state index contributed by atoms with van der Waals surface area (Å²) in [5.74, 6) is 0.372. The van der Waals surface area contributed by atoms with E-state index in [0.29, 0.717) is 5.75 Å². The standard InChI is InChI=1S/C23H27N3O4/c1-25(2)12-11-17-15-26(20-10-9-18(29-3)14-19(17)20)22(27)21(30-23(24)28)13-16-7-5-4-6-8-16/h4-10,14-15,21H,11-13H2,1-3H3,(H2,24,28)/t21-/m0/s1. The molecule has 3 rings (SSSR count). The molecule has 0 saturated heterocycles. The summed E-state index contributed by atoms with van der Waals surface area (Å²) in [6, 6.07) is 15.0. The maximum absolute atomic E-state index is 13.4. The van der Waals surface area contributed by atoms with Crippen LogP contribution < -0.4 is 10.5 Å². The number of carbonyl (C=O) groups excluding carboxylic acids is 2. The molecule has 30 heavy (non-hydrogen) atoms. The second-order valence-corrected chi connectivity index (χ2v) is 7.41. The number of ether oxygens (including phenoxy) is 2. The van der Waals surface area contributed by atoms with E-state index in [4.69, 9.17) is 15.2 Å². The summed E-state index contributed by atoms with van der Waals surface area (Å²) in [6.45, 7) is 0.829. The Balaban J connectivity index is 2.01. The number of carbonyl (C=O) groups is 2. The number of amides is 1. The smallest absolute Gasteiger partial charge is 0.405 e. The number of hydrogen-bond acceptors (Lipinski definition) is 5. The average Bonchev–Trinajstić information content (AvgIpc) is 3.09. The lowest BCUT2D eigenvalue weighted by Gasteiger charge is -2.17. The van der Waals surface area contributed by atoms with Crippen LogP contribution in [0.2, 0.25) is 0 Å². The predicted octanol–water partition coefficient (Wildman–Crippen LogP) is 3.10. The summed E-state index contributed by atoms with van der Waals surface area (Å²) < 4.78 is 12.1. The van der Waals surface area contributed by atoms with Crippen molar-refractivity contribution in [1.82, 2.24) is 9.47 Å². The van der Waals surface area contributed by atoms with Crippen LogP contribution in [0.1, 0.15) is 15.9 Å². The maximum atomic E-state index is 13.4. The maximum Gasteiger partial charge on any atom is 0.405 e. The Bertz CT molecular complexity index is 1030. The lowest BCUT2D eigenvalue weighted by atomic mass is 10.1. The third-order valence-electron chi connectivity index (χ3n) is 4.96. The molecule has 7 nitrogen and oxygen atoms in total. The minimum atomic E-state index is -1.02. The number of primary amides is 1. The van der Waals surface area contributed by atoms with Crippen molar-refractivity contribution in [1.29, 1.82) is 0 Å². The Morgan fingerprint density at radius 3 is 2.50 bits per heavy atom. The first kappa shape index (κ1) is 21.4. The van der Waals surface area contributed by atoms with Gasteiger partial charge in [0.1, 0.15) is 5.75 Å². The van der Waals surface area contributed by atoms with E-state index in [2.05, 4.69) is 4.90 Å². The largest absolute Gasteiger partial charge is 0.497 e. The second-order valence-electron chi connectivity index (χ2n) is 7.41. The molecule has 0 aliphatic carbocycles. The zero-order chi connectivity index (χ0) is 21.7. The fraction of sp³-hybridized carbons (Fsp3) is 0.304. The Morgan fingerprint density at radius 2 is 1.87 bits per heavy atom. The zero-order valence-electron chi connectivity index (χ0n) is 17.5. The predicted molar refractivity (Wildman–Crippen MR) is 116 cm³/mol. The number of nitrogens with zero attached hydrogens (tertiary/aromatic N) is 2. The molecule has 1 amide bonds. The van der Waals surface area contributed by atoms with Crippen LogP contribution in [-0.2, 0) is 17.6 Å². The highest BCUT2D eigenvalue weighted by Crippen LogP contribution is 2.27. The zero-order valence-corrected chi connectivity index (χ0v) is 17.5. The first-order valence-corrected chi connectivity index (χ1v) is 9.76. The monoisotopic (exact) mass is 409 g/mol. The Kier molecular flexibility index (Phi) is 6.74. The highest BCUT2D eigenvalue weighted by molar-refractivity contribution is 5.97. The molecule has 2 N–H and O–H groups in total. The third-order valence-corrected chi connectivity index (χ3v) is 4.96. The molecule has 158 valence electrons. The third kappa shape index (κ3) is 4.99. The molecule has 0 aliphatic rings. The lowest BCUT2D eigenvalue weighted by Crippen LogP contribution is -2.35. The van der Waals surface area contributed by atoms with Crippen molar-refractivity contribution in [3.05, 3.63) is 65.9 Å². The fourth-order valence-electron chi connectivity index (χ4n) is 3.43. The van der Waals surface area contributed by atoms with E-state index in [1.54, 1.807) is 11.7 Å². The van der Waals surface area contributed by atoms with Crippen molar-refractivity contribution in [2.75, 3.05) is 27.7 Å². The van der Waals surface area contributed by atoms with Gasteiger partial charge in [-0.15, -0.1) is 0 Å². The first-order chi connectivity index (χ1) is 14.4. The molecule has 0 unspecified atom stereocenters. The van der Waals surface area contributed by atoms with E-state index in [1.807, 2.05) is 68.8 Å². The van der Waals surface area contributed by atoms with Crippen molar-refractivity contribution in [3.8, 4) is 5.75 Å². The quantitative estimate of drug-likeness (QED) is 0.618. The van der Waals surface area contributed by atoms with E-state index in [-0.39, 0.29) is 12.3 Å². The molecular weight excluding hydrogens is 382 g/mol. The highest BCUT2D eigenvalue weighted by atomic mass is 16.6. The van der Waals surface area contributed by atoms with Gasteiger partial charge in [0.15, 0.2) is 6.10 Å². The molecule has 3 aromatic rings. The molecular formula is C23H27N3O4. The molecule has 1 atom stereocenters. The van der Waals surface area contributed by atoms with Crippen LogP contribution in [0.3, 0.4) is 0 Å². The minimum absolute atomic E-state index is 0.242. The number of likely N-dealkylation sites (N-methyl/N-ethyl adjacent to an activating group) is 1. The number of benzene rings is 2. The number of nitrogens with two attached hydrogens (primary N) is 1. The molecule has 0 radical (unpaired) electrons. The number of methoxy groups -OCH3 is 1. The molecule has 0 fully saturated rings. The summed E-state index contributed by atoms with van der Waals surface area (Å²) >= 11 is 0. The van der Waals surface area contributed by atoms with Crippen LogP contribution in [0, 0.1) is 0 Å².